The van der Waals surface area contributed by atoms with Gasteiger partial charge in [-0.2, -0.15) is 12.6 Å². The van der Waals surface area contributed by atoms with Crippen LogP contribution in [0.15, 0.2) is 0 Å². The lowest BCUT2D eigenvalue weighted by molar-refractivity contribution is 0.164. The van der Waals surface area contributed by atoms with Crippen molar-refractivity contribution < 1.29 is 0 Å². The molecule has 0 aromatic heterocycles. The Bertz CT molecular complexity index is 201. The number of likely N-dealkylation sites (tertiary alicyclic amines) is 1. The fourth-order valence-electron chi connectivity index (χ4n) is 3.40. The molecule has 1 saturated heterocycles. The van der Waals surface area contributed by atoms with Gasteiger partial charge in [0.15, 0.2) is 0 Å². The molecule has 0 radical (unpaired) electrons. The summed E-state index contributed by atoms with van der Waals surface area (Å²) >= 11 is 4.66. The van der Waals surface area contributed by atoms with E-state index in [0.717, 1.165) is 17.6 Å². The van der Waals surface area contributed by atoms with E-state index in [-0.39, 0.29) is 0 Å². The van der Waals surface area contributed by atoms with E-state index >= 15 is 0 Å². The standard InChI is InChI=1S/C15H31NS/c1-5-7-15(12-17,8-6-2)11-16-9-13(3)14(4)10-16/h13-14,17H,5-12H2,1-4H3. The molecule has 0 spiro atoms. The van der Waals surface area contributed by atoms with Gasteiger partial charge >= 0.3 is 0 Å². The molecule has 1 nitrogen and oxygen atoms in total. The summed E-state index contributed by atoms with van der Waals surface area (Å²) < 4.78 is 0. The van der Waals surface area contributed by atoms with Gasteiger partial charge < -0.3 is 4.90 Å². The minimum Gasteiger partial charge on any atom is -0.302 e. The first-order chi connectivity index (χ1) is 8.06. The van der Waals surface area contributed by atoms with E-state index in [2.05, 4.69) is 45.2 Å². The maximum Gasteiger partial charge on any atom is 0.00460 e. The van der Waals surface area contributed by atoms with E-state index < -0.39 is 0 Å². The second-order valence-corrected chi connectivity index (χ2v) is 6.62. The van der Waals surface area contributed by atoms with Crippen LogP contribution >= 0.6 is 12.6 Å². The summed E-state index contributed by atoms with van der Waals surface area (Å²) in [4.78, 5) is 2.69. The largest absolute Gasteiger partial charge is 0.302 e. The van der Waals surface area contributed by atoms with E-state index in [0.29, 0.717) is 5.41 Å². The quantitative estimate of drug-likeness (QED) is 0.672. The minimum absolute atomic E-state index is 0.469. The fourth-order valence-corrected chi connectivity index (χ4v) is 3.82. The van der Waals surface area contributed by atoms with Crippen molar-refractivity contribution in [1.29, 1.82) is 0 Å². The van der Waals surface area contributed by atoms with E-state index in [9.17, 15) is 0 Å². The zero-order valence-electron chi connectivity index (χ0n) is 12.2. The predicted octanol–water partition coefficient (Wildman–Crippen LogP) is 4.09. The predicted molar refractivity (Wildman–Crippen MR) is 80.9 cm³/mol. The van der Waals surface area contributed by atoms with E-state index in [1.54, 1.807) is 0 Å². The molecule has 0 saturated carbocycles. The monoisotopic (exact) mass is 257 g/mol. The highest BCUT2D eigenvalue weighted by molar-refractivity contribution is 7.80. The summed E-state index contributed by atoms with van der Waals surface area (Å²) in [5.41, 5.74) is 0.469. The Morgan fingerprint density at radius 2 is 1.53 bits per heavy atom. The van der Waals surface area contributed by atoms with Crippen LogP contribution in [0.2, 0.25) is 0 Å². The van der Waals surface area contributed by atoms with Crippen molar-refractivity contribution in [2.24, 2.45) is 17.3 Å². The second-order valence-electron chi connectivity index (χ2n) is 6.31. The number of thiol groups is 1. The molecule has 0 N–H and O–H groups in total. The van der Waals surface area contributed by atoms with Crippen LogP contribution in [-0.4, -0.2) is 30.3 Å². The Morgan fingerprint density at radius 3 is 1.88 bits per heavy atom. The SMILES string of the molecule is CCCC(CS)(CCC)CN1CC(C)C(C)C1. The maximum absolute atomic E-state index is 4.66. The topological polar surface area (TPSA) is 3.24 Å². The summed E-state index contributed by atoms with van der Waals surface area (Å²) in [6.45, 7) is 13.3. The lowest BCUT2D eigenvalue weighted by Gasteiger charge is -2.36. The van der Waals surface area contributed by atoms with Gasteiger partial charge in [0.2, 0.25) is 0 Å². The second kappa shape index (κ2) is 7.04. The van der Waals surface area contributed by atoms with Crippen LogP contribution in [0.5, 0.6) is 0 Å². The first-order valence-corrected chi connectivity index (χ1v) is 8.03. The molecule has 0 amide bonds. The van der Waals surface area contributed by atoms with Crippen molar-refractivity contribution in [3.05, 3.63) is 0 Å². The van der Waals surface area contributed by atoms with Crippen LogP contribution < -0.4 is 0 Å². The molecule has 1 heterocycles. The third-order valence-corrected chi connectivity index (χ3v) is 5.19. The zero-order chi connectivity index (χ0) is 12.9. The van der Waals surface area contributed by atoms with E-state index in [1.807, 2.05) is 0 Å². The van der Waals surface area contributed by atoms with Crippen molar-refractivity contribution in [2.45, 2.75) is 53.4 Å². The molecule has 1 rings (SSSR count). The Morgan fingerprint density at radius 1 is 1.06 bits per heavy atom. The number of hydrogen-bond acceptors (Lipinski definition) is 2. The Kier molecular flexibility index (Phi) is 6.36. The molecule has 2 atom stereocenters. The lowest BCUT2D eigenvalue weighted by Crippen LogP contribution is -2.38. The van der Waals surface area contributed by atoms with Crippen LogP contribution in [-0.2, 0) is 0 Å². The average molecular weight is 257 g/mol. The van der Waals surface area contributed by atoms with Crippen LogP contribution in [0.25, 0.3) is 0 Å². The molecule has 0 aliphatic carbocycles. The van der Waals surface area contributed by atoms with E-state index in [1.165, 1.54) is 45.3 Å². The zero-order valence-corrected chi connectivity index (χ0v) is 13.1. The van der Waals surface area contributed by atoms with Gasteiger partial charge in [-0.25, -0.2) is 0 Å². The van der Waals surface area contributed by atoms with Gasteiger partial charge in [-0.15, -0.1) is 0 Å². The van der Waals surface area contributed by atoms with Crippen LogP contribution in [0.4, 0.5) is 0 Å². The summed E-state index contributed by atoms with van der Waals surface area (Å²) in [6, 6.07) is 0. The fraction of sp³-hybridized carbons (Fsp3) is 1.00. The van der Waals surface area contributed by atoms with Gasteiger partial charge in [0.25, 0.3) is 0 Å². The normalized spacial score (nSPS) is 26.6. The van der Waals surface area contributed by atoms with Crippen LogP contribution in [0.3, 0.4) is 0 Å². The molecule has 0 aromatic carbocycles. The third kappa shape index (κ3) is 4.17. The van der Waals surface area contributed by atoms with Crippen molar-refractivity contribution in [2.75, 3.05) is 25.4 Å². The Balaban J connectivity index is 2.59. The van der Waals surface area contributed by atoms with Gasteiger partial charge in [-0.3, -0.25) is 0 Å². The Hall–Kier alpha value is 0.310. The maximum atomic E-state index is 4.66. The average Bonchev–Trinajstić information content (AvgIpc) is 2.58. The highest BCUT2D eigenvalue weighted by Gasteiger charge is 2.34. The molecule has 102 valence electrons. The third-order valence-electron chi connectivity index (χ3n) is 4.52. The molecule has 1 fully saturated rings. The van der Waals surface area contributed by atoms with Crippen molar-refractivity contribution in [3.63, 3.8) is 0 Å². The summed E-state index contributed by atoms with van der Waals surface area (Å²) in [6.07, 6.45) is 5.26. The van der Waals surface area contributed by atoms with Gasteiger partial charge in [-0.05, 0) is 35.8 Å². The minimum atomic E-state index is 0.469. The molecule has 1 aliphatic rings. The van der Waals surface area contributed by atoms with Crippen LogP contribution in [0, 0.1) is 17.3 Å². The highest BCUT2D eigenvalue weighted by Crippen LogP contribution is 2.34. The van der Waals surface area contributed by atoms with Crippen molar-refractivity contribution >= 4 is 12.6 Å². The lowest BCUT2D eigenvalue weighted by atomic mass is 9.80. The molecular formula is C15H31NS. The number of rotatable bonds is 7. The first kappa shape index (κ1) is 15.4. The molecule has 2 heteroatoms. The first-order valence-electron chi connectivity index (χ1n) is 7.40. The van der Waals surface area contributed by atoms with Crippen LogP contribution in [0.1, 0.15) is 53.4 Å². The highest BCUT2D eigenvalue weighted by atomic mass is 32.1. The van der Waals surface area contributed by atoms with Gasteiger partial charge in [-0.1, -0.05) is 40.5 Å². The molecule has 1 aliphatic heterocycles. The van der Waals surface area contributed by atoms with Crippen molar-refractivity contribution in [1.82, 2.24) is 4.90 Å². The number of hydrogen-bond donors (Lipinski definition) is 1. The molecule has 0 bridgehead atoms. The molecule has 17 heavy (non-hydrogen) atoms. The molecule has 0 aromatic rings. The summed E-state index contributed by atoms with van der Waals surface area (Å²) in [5.74, 6) is 2.79. The Labute approximate surface area is 114 Å². The van der Waals surface area contributed by atoms with Crippen molar-refractivity contribution in [3.8, 4) is 0 Å². The summed E-state index contributed by atoms with van der Waals surface area (Å²) in [7, 11) is 0. The molecular weight excluding hydrogens is 226 g/mol. The van der Waals surface area contributed by atoms with Gasteiger partial charge in [0.1, 0.15) is 0 Å². The summed E-state index contributed by atoms with van der Waals surface area (Å²) in [5, 5.41) is 0. The molecule has 2 unspecified atom stereocenters. The van der Waals surface area contributed by atoms with Gasteiger partial charge in [0.05, 0.1) is 0 Å². The number of nitrogens with zero attached hydrogens (tertiary/aromatic N) is 1. The van der Waals surface area contributed by atoms with E-state index in [4.69, 9.17) is 0 Å². The van der Waals surface area contributed by atoms with Gasteiger partial charge in [0, 0.05) is 19.6 Å². The smallest absolute Gasteiger partial charge is 0.00460 e.